The molecule has 0 bridgehead atoms. The smallest absolute Gasteiger partial charge is 0.257 e. The molecule has 0 radical (unpaired) electrons. The Morgan fingerprint density at radius 3 is 2.41 bits per heavy atom. The molecule has 1 N–H and O–H groups in total. The molecule has 1 aliphatic rings. The van der Waals surface area contributed by atoms with Crippen molar-refractivity contribution in [2.75, 3.05) is 31.5 Å². The number of benzene rings is 2. The molecule has 0 unspecified atom stereocenters. The predicted molar refractivity (Wildman–Crippen MR) is 124 cm³/mol. The first kappa shape index (κ1) is 23.5. The van der Waals surface area contributed by atoms with Crippen molar-refractivity contribution in [3.8, 4) is 0 Å². The van der Waals surface area contributed by atoms with E-state index in [-0.39, 0.29) is 36.3 Å². The first-order valence-corrected chi connectivity index (χ1v) is 12.1. The fraction of sp³-hybridized carbons (Fsp3) is 0.208. The maximum absolute atomic E-state index is 13.2. The maximum Gasteiger partial charge on any atom is 0.257 e. The third-order valence-electron chi connectivity index (χ3n) is 5.48. The fourth-order valence-electron chi connectivity index (χ4n) is 3.71. The van der Waals surface area contributed by atoms with Crippen LogP contribution in [0.25, 0.3) is 0 Å². The van der Waals surface area contributed by atoms with E-state index in [2.05, 4.69) is 10.3 Å². The number of pyridine rings is 1. The van der Waals surface area contributed by atoms with Gasteiger partial charge in [0.25, 0.3) is 11.8 Å². The van der Waals surface area contributed by atoms with Crippen LogP contribution < -0.4 is 5.32 Å². The maximum atomic E-state index is 13.2. The molecule has 1 aromatic heterocycles. The molecule has 3 aromatic rings. The van der Waals surface area contributed by atoms with E-state index in [9.17, 15) is 22.4 Å². The molecule has 2 aromatic carbocycles. The van der Waals surface area contributed by atoms with Crippen molar-refractivity contribution in [1.82, 2.24) is 14.2 Å². The minimum atomic E-state index is -3.79. The van der Waals surface area contributed by atoms with E-state index < -0.39 is 15.8 Å². The van der Waals surface area contributed by atoms with Gasteiger partial charge in [0.2, 0.25) is 10.0 Å². The van der Waals surface area contributed by atoms with Crippen LogP contribution in [0.5, 0.6) is 0 Å². The van der Waals surface area contributed by atoms with E-state index in [1.54, 1.807) is 47.5 Å². The average Bonchev–Trinajstić information content (AvgIpc) is 3.11. The summed E-state index contributed by atoms with van der Waals surface area (Å²) in [6, 6.07) is 14.6. The van der Waals surface area contributed by atoms with Gasteiger partial charge in [-0.25, -0.2) is 12.8 Å². The lowest BCUT2D eigenvalue weighted by atomic mass is 10.1. The normalized spacial score (nSPS) is 14.9. The number of carbonyl (C=O) groups excluding carboxylic acids is 2. The summed E-state index contributed by atoms with van der Waals surface area (Å²) in [4.78, 5) is 31.0. The Morgan fingerprint density at radius 2 is 1.68 bits per heavy atom. The number of hydrogen-bond acceptors (Lipinski definition) is 5. The Labute approximate surface area is 197 Å². The van der Waals surface area contributed by atoms with E-state index in [1.807, 2.05) is 0 Å². The SMILES string of the molecule is O=C(Nc1cccc(C(=O)N2CCCN(S(=O)(=O)c3ccc(F)cc3)CC2)c1)c1cccnc1. The van der Waals surface area contributed by atoms with Crippen molar-refractivity contribution >= 4 is 27.5 Å². The van der Waals surface area contributed by atoms with Gasteiger partial charge < -0.3 is 10.2 Å². The zero-order valence-electron chi connectivity index (χ0n) is 18.2. The van der Waals surface area contributed by atoms with Crippen LogP contribution in [0.4, 0.5) is 10.1 Å². The Kier molecular flexibility index (Phi) is 6.99. The van der Waals surface area contributed by atoms with Gasteiger partial charge in [-0.3, -0.25) is 14.6 Å². The zero-order chi connectivity index (χ0) is 24.1. The lowest BCUT2D eigenvalue weighted by Gasteiger charge is -2.22. The first-order valence-electron chi connectivity index (χ1n) is 10.7. The zero-order valence-corrected chi connectivity index (χ0v) is 19.0. The summed E-state index contributed by atoms with van der Waals surface area (Å²) in [5.74, 6) is -1.10. The summed E-state index contributed by atoms with van der Waals surface area (Å²) in [5.41, 5.74) is 1.25. The third-order valence-corrected chi connectivity index (χ3v) is 7.40. The summed E-state index contributed by atoms with van der Waals surface area (Å²) in [5, 5.41) is 2.75. The van der Waals surface area contributed by atoms with Crippen molar-refractivity contribution in [2.24, 2.45) is 0 Å². The molecule has 2 heterocycles. The van der Waals surface area contributed by atoms with Gasteiger partial charge in [0.15, 0.2) is 0 Å². The summed E-state index contributed by atoms with van der Waals surface area (Å²) in [6.45, 7) is 0.986. The quantitative estimate of drug-likeness (QED) is 0.603. The van der Waals surface area contributed by atoms with Crippen molar-refractivity contribution in [3.05, 3.63) is 90.0 Å². The number of rotatable bonds is 5. The van der Waals surface area contributed by atoms with E-state index in [4.69, 9.17) is 0 Å². The highest BCUT2D eigenvalue weighted by molar-refractivity contribution is 7.89. The van der Waals surface area contributed by atoms with Crippen molar-refractivity contribution < 1.29 is 22.4 Å². The molecule has 4 rings (SSSR count). The Balaban J connectivity index is 1.43. The number of halogens is 1. The standard InChI is InChI=1S/C24H23FN4O4S/c25-20-7-9-22(10-8-20)34(32,33)29-13-3-12-28(14-15-29)24(31)18-4-1-6-21(16-18)27-23(30)19-5-2-11-26-17-19/h1-2,4-11,16-17H,3,12-15H2,(H,27,30). The average molecular weight is 483 g/mol. The second-order valence-corrected chi connectivity index (χ2v) is 9.72. The molecule has 0 saturated carbocycles. The van der Waals surface area contributed by atoms with Gasteiger partial charge in [-0.2, -0.15) is 4.31 Å². The van der Waals surface area contributed by atoms with E-state index in [0.717, 1.165) is 12.1 Å². The monoisotopic (exact) mass is 482 g/mol. The fourth-order valence-corrected chi connectivity index (χ4v) is 5.18. The van der Waals surface area contributed by atoms with Crippen molar-refractivity contribution in [3.63, 3.8) is 0 Å². The number of nitrogens with zero attached hydrogens (tertiary/aromatic N) is 3. The summed E-state index contributed by atoms with van der Waals surface area (Å²) in [7, 11) is -3.79. The number of aromatic nitrogens is 1. The molecule has 0 aliphatic carbocycles. The highest BCUT2D eigenvalue weighted by Crippen LogP contribution is 2.20. The molecular weight excluding hydrogens is 459 g/mol. The van der Waals surface area contributed by atoms with E-state index in [1.165, 1.54) is 22.6 Å². The number of hydrogen-bond donors (Lipinski definition) is 1. The van der Waals surface area contributed by atoms with Gasteiger partial charge in [0, 0.05) is 49.8 Å². The summed E-state index contributed by atoms with van der Waals surface area (Å²) >= 11 is 0. The first-order chi connectivity index (χ1) is 16.3. The largest absolute Gasteiger partial charge is 0.337 e. The molecule has 1 fully saturated rings. The Morgan fingerprint density at radius 1 is 0.912 bits per heavy atom. The van der Waals surface area contributed by atoms with Crippen LogP contribution in [0.15, 0.2) is 78.0 Å². The number of amides is 2. The molecule has 176 valence electrons. The molecule has 1 saturated heterocycles. The van der Waals surface area contributed by atoms with Gasteiger partial charge in [-0.1, -0.05) is 6.07 Å². The van der Waals surface area contributed by atoms with Crippen LogP contribution in [0.1, 0.15) is 27.1 Å². The Hall–Kier alpha value is -3.63. The minimum absolute atomic E-state index is 0.0192. The van der Waals surface area contributed by atoms with Crippen LogP contribution >= 0.6 is 0 Å². The molecule has 0 atom stereocenters. The molecular formula is C24H23FN4O4S. The summed E-state index contributed by atoms with van der Waals surface area (Å²) in [6.07, 6.45) is 3.49. The lowest BCUT2D eigenvalue weighted by molar-refractivity contribution is 0.0764. The number of nitrogens with one attached hydrogen (secondary N) is 1. The Bertz CT molecular complexity index is 1280. The van der Waals surface area contributed by atoms with Gasteiger partial charge in [-0.15, -0.1) is 0 Å². The molecule has 8 nitrogen and oxygen atoms in total. The second-order valence-electron chi connectivity index (χ2n) is 7.78. The molecule has 2 amide bonds. The molecule has 1 aliphatic heterocycles. The number of sulfonamides is 1. The van der Waals surface area contributed by atoms with E-state index in [0.29, 0.717) is 29.8 Å². The summed E-state index contributed by atoms with van der Waals surface area (Å²) < 4.78 is 40.3. The van der Waals surface area contributed by atoms with Crippen LogP contribution in [0.2, 0.25) is 0 Å². The molecule has 10 heteroatoms. The minimum Gasteiger partial charge on any atom is -0.337 e. The lowest BCUT2D eigenvalue weighted by Crippen LogP contribution is -2.37. The van der Waals surface area contributed by atoms with Gasteiger partial charge >= 0.3 is 0 Å². The van der Waals surface area contributed by atoms with Gasteiger partial charge in [0.05, 0.1) is 10.5 Å². The number of carbonyl (C=O) groups is 2. The third kappa shape index (κ3) is 5.29. The second kappa shape index (κ2) is 10.1. The van der Waals surface area contributed by atoms with Crippen LogP contribution in [0.3, 0.4) is 0 Å². The van der Waals surface area contributed by atoms with Crippen LogP contribution in [-0.4, -0.2) is 60.6 Å². The van der Waals surface area contributed by atoms with Crippen LogP contribution in [-0.2, 0) is 10.0 Å². The molecule has 34 heavy (non-hydrogen) atoms. The highest BCUT2D eigenvalue weighted by atomic mass is 32.2. The van der Waals surface area contributed by atoms with Crippen molar-refractivity contribution in [1.29, 1.82) is 0 Å². The molecule has 0 spiro atoms. The van der Waals surface area contributed by atoms with E-state index >= 15 is 0 Å². The van der Waals surface area contributed by atoms with Gasteiger partial charge in [0.1, 0.15) is 5.82 Å². The van der Waals surface area contributed by atoms with Crippen molar-refractivity contribution in [2.45, 2.75) is 11.3 Å². The highest BCUT2D eigenvalue weighted by Gasteiger charge is 2.28. The predicted octanol–water partition coefficient (Wildman–Crippen LogP) is 3.01. The van der Waals surface area contributed by atoms with Gasteiger partial charge in [-0.05, 0) is 61.0 Å². The number of anilines is 1. The van der Waals surface area contributed by atoms with Crippen LogP contribution in [0, 0.1) is 5.82 Å². The topological polar surface area (TPSA) is 99.7 Å².